The molecule has 2 atom stereocenters. The van der Waals surface area contributed by atoms with Gasteiger partial charge >= 0.3 is 0 Å². The summed E-state index contributed by atoms with van der Waals surface area (Å²) in [6.07, 6.45) is 7.07. The Balaban J connectivity index is 1.93. The number of rotatable bonds is 2. The van der Waals surface area contributed by atoms with E-state index in [0.29, 0.717) is 0 Å². The Labute approximate surface area is 126 Å². The van der Waals surface area contributed by atoms with Crippen LogP contribution in [-0.2, 0) is 5.33 Å². The topological polar surface area (TPSA) is 3.24 Å². The predicted octanol–water partition coefficient (Wildman–Crippen LogP) is 5.11. The minimum Gasteiger partial charge on any atom is -0.368 e. The summed E-state index contributed by atoms with van der Waals surface area (Å²) in [5, 5.41) is 0.940. The molecule has 0 bridgehead atoms. The summed E-state index contributed by atoms with van der Waals surface area (Å²) in [7, 11) is 0. The highest BCUT2D eigenvalue weighted by molar-refractivity contribution is 9.10. The van der Waals surface area contributed by atoms with E-state index in [1.165, 1.54) is 54.4 Å². The first-order valence-corrected chi connectivity index (χ1v) is 8.82. The maximum absolute atomic E-state index is 3.63. The molecule has 1 aromatic rings. The molecule has 0 radical (unpaired) electrons. The van der Waals surface area contributed by atoms with E-state index < -0.39 is 0 Å². The summed E-state index contributed by atoms with van der Waals surface area (Å²) in [4.78, 5) is 2.68. The van der Waals surface area contributed by atoms with Crippen LogP contribution in [0.3, 0.4) is 0 Å². The molecule has 1 aromatic carbocycles. The first-order valence-electron chi connectivity index (χ1n) is 6.90. The Morgan fingerprint density at radius 3 is 2.83 bits per heavy atom. The summed E-state index contributed by atoms with van der Waals surface area (Å²) in [5.41, 5.74) is 2.86. The number of piperidine rings is 1. The van der Waals surface area contributed by atoms with Crippen molar-refractivity contribution in [3.8, 4) is 0 Å². The first kappa shape index (κ1) is 13.0. The molecule has 1 nitrogen and oxygen atoms in total. The molecule has 18 heavy (non-hydrogen) atoms. The zero-order valence-electron chi connectivity index (χ0n) is 10.5. The second-order valence-corrected chi connectivity index (χ2v) is 6.98. The van der Waals surface area contributed by atoms with E-state index in [9.17, 15) is 0 Å². The minimum absolute atomic E-state index is 0.803. The van der Waals surface area contributed by atoms with Crippen molar-refractivity contribution < 1.29 is 0 Å². The molecule has 1 heterocycles. The van der Waals surface area contributed by atoms with Gasteiger partial charge in [-0.25, -0.2) is 0 Å². The lowest BCUT2D eigenvalue weighted by Crippen LogP contribution is -2.43. The SMILES string of the molecule is BrCc1cc(Br)ccc1N1CCCC2CCCC21. The molecule has 0 amide bonds. The molecule has 1 aliphatic heterocycles. The number of alkyl halides is 1. The zero-order chi connectivity index (χ0) is 12.5. The summed E-state index contributed by atoms with van der Waals surface area (Å²) in [6, 6.07) is 7.53. The van der Waals surface area contributed by atoms with Gasteiger partial charge in [0.1, 0.15) is 0 Å². The number of benzene rings is 1. The molecule has 1 saturated heterocycles. The number of fused-ring (bicyclic) bond motifs is 1. The van der Waals surface area contributed by atoms with Crippen LogP contribution in [-0.4, -0.2) is 12.6 Å². The van der Waals surface area contributed by atoms with Crippen LogP contribution in [0.25, 0.3) is 0 Å². The van der Waals surface area contributed by atoms with Crippen LogP contribution in [0.4, 0.5) is 5.69 Å². The molecule has 2 fully saturated rings. The fourth-order valence-electron chi connectivity index (χ4n) is 3.69. The Morgan fingerprint density at radius 2 is 2.00 bits per heavy atom. The van der Waals surface area contributed by atoms with Gasteiger partial charge in [-0.05, 0) is 55.4 Å². The molecule has 1 saturated carbocycles. The quantitative estimate of drug-likeness (QED) is 0.651. The number of hydrogen-bond acceptors (Lipinski definition) is 1. The first-order chi connectivity index (χ1) is 8.79. The van der Waals surface area contributed by atoms with Crippen LogP contribution in [0, 0.1) is 5.92 Å². The fraction of sp³-hybridized carbons (Fsp3) is 0.600. The van der Waals surface area contributed by atoms with E-state index in [2.05, 4.69) is 55.0 Å². The lowest BCUT2D eigenvalue weighted by atomic mass is 9.91. The van der Waals surface area contributed by atoms with Crippen molar-refractivity contribution in [2.24, 2.45) is 5.92 Å². The monoisotopic (exact) mass is 371 g/mol. The third-order valence-electron chi connectivity index (χ3n) is 4.49. The van der Waals surface area contributed by atoms with Crippen molar-refractivity contribution >= 4 is 37.5 Å². The van der Waals surface area contributed by atoms with Crippen LogP contribution >= 0.6 is 31.9 Å². The Bertz CT molecular complexity index is 433. The largest absolute Gasteiger partial charge is 0.368 e. The lowest BCUT2D eigenvalue weighted by Gasteiger charge is -2.40. The summed E-state index contributed by atoms with van der Waals surface area (Å²) < 4.78 is 1.18. The fourth-order valence-corrected chi connectivity index (χ4v) is 4.55. The highest BCUT2D eigenvalue weighted by Gasteiger charge is 2.35. The van der Waals surface area contributed by atoms with Crippen molar-refractivity contribution in [1.29, 1.82) is 0 Å². The average molecular weight is 373 g/mol. The minimum atomic E-state index is 0.803. The molecular weight excluding hydrogens is 354 g/mol. The van der Waals surface area contributed by atoms with Gasteiger partial charge in [-0.3, -0.25) is 0 Å². The van der Waals surface area contributed by atoms with E-state index in [4.69, 9.17) is 0 Å². The predicted molar refractivity (Wildman–Crippen MR) is 84.5 cm³/mol. The summed E-state index contributed by atoms with van der Waals surface area (Å²) in [5.74, 6) is 0.950. The summed E-state index contributed by atoms with van der Waals surface area (Å²) in [6.45, 7) is 1.24. The number of halogens is 2. The Hall–Kier alpha value is -0.0200. The van der Waals surface area contributed by atoms with Gasteiger partial charge in [-0.15, -0.1) is 0 Å². The van der Waals surface area contributed by atoms with E-state index in [-0.39, 0.29) is 0 Å². The molecule has 1 aliphatic carbocycles. The molecule has 3 rings (SSSR count). The summed E-state index contributed by atoms with van der Waals surface area (Å²) >= 11 is 7.21. The maximum Gasteiger partial charge on any atom is 0.0410 e. The molecule has 2 aliphatic rings. The normalized spacial score (nSPS) is 27.3. The van der Waals surface area contributed by atoms with E-state index >= 15 is 0 Å². The van der Waals surface area contributed by atoms with Crippen molar-refractivity contribution in [3.63, 3.8) is 0 Å². The Morgan fingerprint density at radius 1 is 1.17 bits per heavy atom. The molecule has 2 unspecified atom stereocenters. The van der Waals surface area contributed by atoms with E-state index in [0.717, 1.165) is 17.3 Å². The number of hydrogen-bond donors (Lipinski definition) is 0. The van der Waals surface area contributed by atoms with Crippen molar-refractivity contribution in [2.75, 3.05) is 11.4 Å². The van der Waals surface area contributed by atoms with E-state index in [1.54, 1.807) is 0 Å². The molecule has 0 aromatic heterocycles. The standard InChI is InChI=1S/C15H19Br2N/c16-10-12-9-13(17)6-7-15(12)18-8-2-4-11-3-1-5-14(11)18/h6-7,9,11,14H,1-5,8,10H2. The van der Waals surface area contributed by atoms with Gasteiger partial charge in [0, 0.05) is 28.1 Å². The van der Waals surface area contributed by atoms with Gasteiger partial charge in [0.25, 0.3) is 0 Å². The van der Waals surface area contributed by atoms with Crippen LogP contribution in [0.5, 0.6) is 0 Å². The Kier molecular flexibility index (Phi) is 4.00. The van der Waals surface area contributed by atoms with Gasteiger partial charge in [0.2, 0.25) is 0 Å². The van der Waals surface area contributed by atoms with Gasteiger partial charge in [0.05, 0.1) is 0 Å². The second-order valence-electron chi connectivity index (χ2n) is 5.50. The van der Waals surface area contributed by atoms with Gasteiger partial charge in [-0.2, -0.15) is 0 Å². The highest BCUT2D eigenvalue weighted by Crippen LogP contribution is 2.40. The third kappa shape index (κ3) is 2.36. The third-order valence-corrected chi connectivity index (χ3v) is 5.59. The van der Waals surface area contributed by atoms with Gasteiger partial charge in [-0.1, -0.05) is 38.3 Å². The van der Waals surface area contributed by atoms with Crippen LogP contribution in [0.1, 0.15) is 37.7 Å². The molecule has 0 spiro atoms. The van der Waals surface area contributed by atoms with Crippen LogP contribution in [0.15, 0.2) is 22.7 Å². The second kappa shape index (κ2) is 5.54. The van der Waals surface area contributed by atoms with Crippen molar-refractivity contribution in [3.05, 3.63) is 28.2 Å². The van der Waals surface area contributed by atoms with Crippen LogP contribution < -0.4 is 4.90 Å². The molecular formula is C15H19Br2N. The van der Waals surface area contributed by atoms with Gasteiger partial charge in [0.15, 0.2) is 0 Å². The highest BCUT2D eigenvalue weighted by atomic mass is 79.9. The molecule has 0 N–H and O–H groups in total. The number of nitrogens with zero attached hydrogens (tertiary/aromatic N) is 1. The zero-order valence-corrected chi connectivity index (χ0v) is 13.7. The maximum atomic E-state index is 3.63. The van der Waals surface area contributed by atoms with E-state index in [1.807, 2.05) is 0 Å². The van der Waals surface area contributed by atoms with Crippen molar-refractivity contribution in [1.82, 2.24) is 0 Å². The average Bonchev–Trinajstić information content (AvgIpc) is 2.86. The van der Waals surface area contributed by atoms with Gasteiger partial charge < -0.3 is 4.90 Å². The number of anilines is 1. The molecule has 98 valence electrons. The smallest absolute Gasteiger partial charge is 0.0410 e. The van der Waals surface area contributed by atoms with Crippen molar-refractivity contribution in [2.45, 2.75) is 43.5 Å². The molecule has 3 heteroatoms. The van der Waals surface area contributed by atoms with Crippen LogP contribution in [0.2, 0.25) is 0 Å². The lowest BCUT2D eigenvalue weighted by molar-refractivity contribution is 0.362.